The van der Waals surface area contributed by atoms with Crippen molar-refractivity contribution in [3.8, 4) is 5.75 Å². The number of rotatable bonds is 13. The molecule has 0 unspecified atom stereocenters. The Kier molecular flexibility index (Phi) is 10.3. The van der Waals surface area contributed by atoms with E-state index in [1.165, 1.54) is 12.5 Å². The lowest BCUT2D eigenvalue weighted by Crippen LogP contribution is -2.43. The van der Waals surface area contributed by atoms with Crippen molar-refractivity contribution in [3.63, 3.8) is 0 Å². The van der Waals surface area contributed by atoms with Crippen LogP contribution in [-0.4, -0.2) is 46.6 Å². The molecule has 1 heterocycles. The summed E-state index contributed by atoms with van der Waals surface area (Å²) in [5.74, 6) is -1.40. The normalized spacial score (nSPS) is 14.3. The summed E-state index contributed by atoms with van der Waals surface area (Å²) in [6.45, 7) is 1.91. The molecule has 0 saturated heterocycles. The molecule has 0 bridgehead atoms. The molecule has 0 atom stereocenters. The van der Waals surface area contributed by atoms with Gasteiger partial charge in [0, 0.05) is 25.6 Å². The van der Waals surface area contributed by atoms with E-state index in [4.69, 9.17) is 0 Å². The molecule has 0 aliphatic heterocycles. The molecule has 2 aromatic carbocycles. The number of hydrogen-bond acceptors (Lipinski definition) is 5. The van der Waals surface area contributed by atoms with Crippen molar-refractivity contribution >= 4 is 27.5 Å². The molecule has 38 heavy (non-hydrogen) atoms. The molecule has 206 valence electrons. The molecule has 1 saturated carbocycles. The number of carbonyl (C=O) groups is 1. The number of nitrogens with zero attached hydrogens (tertiary/aromatic N) is 1. The SMILES string of the molecule is O=C(CCNCCc1ccc(F)c(F)c1)N(CCCCCc1ccc(O)c2[nH]c(=O)sc12)C1CCCCC1. The van der Waals surface area contributed by atoms with Gasteiger partial charge in [0.05, 0.1) is 4.70 Å². The number of benzene rings is 2. The topological polar surface area (TPSA) is 85.4 Å². The summed E-state index contributed by atoms with van der Waals surface area (Å²) in [6, 6.07) is 7.78. The highest BCUT2D eigenvalue weighted by molar-refractivity contribution is 7.16. The van der Waals surface area contributed by atoms with E-state index in [1.807, 2.05) is 6.07 Å². The zero-order valence-corrected chi connectivity index (χ0v) is 22.6. The molecule has 9 heteroatoms. The van der Waals surface area contributed by atoms with Crippen molar-refractivity contribution in [1.82, 2.24) is 15.2 Å². The van der Waals surface area contributed by atoms with Crippen molar-refractivity contribution in [2.75, 3.05) is 19.6 Å². The quantitative estimate of drug-likeness (QED) is 0.242. The van der Waals surface area contributed by atoms with E-state index < -0.39 is 11.6 Å². The Hall–Kier alpha value is -2.78. The second-order valence-electron chi connectivity index (χ2n) is 10.2. The highest BCUT2D eigenvalue weighted by Gasteiger charge is 2.24. The first-order chi connectivity index (χ1) is 18.4. The maximum Gasteiger partial charge on any atom is 0.305 e. The van der Waals surface area contributed by atoms with Crippen LogP contribution in [0.5, 0.6) is 5.75 Å². The summed E-state index contributed by atoms with van der Waals surface area (Å²) in [7, 11) is 0. The van der Waals surface area contributed by atoms with Crippen LogP contribution in [0.4, 0.5) is 8.78 Å². The van der Waals surface area contributed by atoms with Gasteiger partial charge in [0.15, 0.2) is 11.6 Å². The Morgan fingerprint density at radius 1 is 1.03 bits per heavy atom. The molecule has 6 nitrogen and oxygen atoms in total. The van der Waals surface area contributed by atoms with Gasteiger partial charge in [-0.15, -0.1) is 0 Å². The van der Waals surface area contributed by atoms with Gasteiger partial charge in [0.2, 0.25) is 5.91 Å². The molecular weight excluding hydrogens is 508 g/mol. The van der Waals surface area contributed by atoms with Gasteiger partial charge in [-0.3, -0.25) is 9.59 Å². The number of aromatic hydroxyl groups is 1. The Balaban J connectivity index is 1.22. The van der Waals surface area contributed by atoms with Crippen LogP contribution in [0.25, 0.3) is 10.2 Å². The van der Waals surface area contributed by atoms with E-state index in [0.29, 0.717) is 37.5 Å². The molecule has 4 rings (SSSR count). The third kappa shape index (κ3) is 7.63. The van der Waals surface area contributed by atoms with Crippen molar-refractivity contribution in [3.05, 3.63) is 62.8 Å². The van der Waals surface area contributed by atoms with Gasteiger partial charge >= 0.3 is 4.87 Å². The molecule has 1 aliphatic rings. The van der Waals surface area contributed by atoms with Gasteiger partial charge in [-0.1, -0.05) is 49.2 Å². The van der Waals surface area contributed by atoms with Gasteiger partial charge < -0.3 is 20.3 Å². The van der Waals surface area contributed by atoms with Gasteiger partial charge in [0.1, 0.15) is 11.3 Å². The van der Waals surface area contributed by atoms with Crippen LogP contribution in [0, 0.1) is 11.6 Å². The minimum absolute atomic E-state index is 0.0996. The Bertz CT molecular complexity index is 1270. The predicted molar refractivity (Wildman–Crippen MR) is 148 cm³/mol. The highest BCUT2D eigenvalue weighted by atomic mass is 32.1. The fourth-order valence-electron chi connectivity index (χ4n) is 5.34. The summed E-state index contributed by atoms with van der Waals surface area (Å²) in [5.41, 5.74) is 2.31. The Morgan fingerprint density at radius 2 is 1.84 bits per heavy atom. The lowest BCUT2D eigenvalue weighted by Gasteiger charge is -2.34. The number of aryl methyl sites for hydroxylation is 1. The van der Waals surface area contributed by atoms with Crippen LogP contribution >= 0.6 is 11.3 Å². The third-order valence-electron chi connectivity index (χ3n) is 7.41. The van der Waals surface area contributed by atoms with E-state index in [9.17, 15) is 23.5 Å². The first-order valence-corrected chi connectivity index (χ1v) is 14.5. The van der Waals surface area contributed by atoms with E-state index in [1.54, 1.807) is 12.1 Å². The van der Waals surface area contributed by atoms with E-state index in [0.717, 1.165) is 91.1 Å². The molecule has 1 amide bonds. The van der Waals surface area contributed by atoms with E-state index in [-0.39, 0.29) is 16.5 Å². The average Bonchev–Trinajstić information content (AvgIpc) is 3.32. The number of fused-ring (bicyclic) bond motifs is 1. The zero-order valence-electron chi connectivity index (χ0n) is 21.7. The van der Waals surface area contributed by atoms with Crippen LogP contribution in [0.2, 0.25) is 0 Å². The summed E-state index contributed by atoms with van der Waals surface area (Å²) in [5, 5.41) is 13.3. The van der Waals surface area contributed by atoms with E-state index >= 15 is 0 Å². The zero-order chi connectivity index (χ0) is 26.9. The number of aromatic nitrogens is 1. The van der Waals surface area contributed by atoms with Crippen molar-refractivity contribution in [2.45, 2.75) is 76.7 Å². The Labute approximate surface area is 226 Å². The molecule has 1 aliphatic carbocycles. The maximum absolute atomic E-state index is 13.4. The van der Waals surface area contributed by atoms with Crippen LogP contribution in [0.3, 0.4) is 0 Å². The van der Waals surface area contributed by atoms with Crippen molar-refractivity contribution in [1.29, 1.82) is 0 Å². The van der Waals surface area contributed by atoms with E-state index in [2.05, 4.69) is 15.2 Å². The monoisotopic (exact) mass is 545 g/mol. The predicted octanol–water partition coefficient (Wildman–Crippen LogP) is 5.67. The number of aromatic amines is 1. The third-order valence-corrected chi connectivity index (χ3v) is 8.37. The number of halogens is 2. The van der Waals surface area contributed by atoms with Crippen LogP contribution in [-0.2, 0) is 17.6 Å². The maximum atomic E-state index is 13.4. The van der Waals surface area contributed by atoms with Crippen molar-refractivity contribution < 1.29 is 18.7 Å². The number of H-pyrrole nitrogens is 1. The molecule has 1 aromatic heterocycles. The number of phenols is 1. The lowest BCUT2D eigenvalue weighted by atomic mass is 9.93. The van der Waals surface area contributed by atoms with Gasteiger partial charge in [-0.05, 0) is 74.4 Å². The number of carbonyl (C=O) groups excluding carboxylic acids is 1. The van der Waals surface area contributed by atoms with Crippen LogP contribution in [0.15, 0.2) is 35.1 Å². The molecule has 1 fully saturated rings. The molecule has 3 aromatic rings. The second kappa shape index (κ2) is 13.8. The Morgan fingerprint density at radius 3 is 2.63 bits per heavy atom. The van der Waals surface area contributed by atoms with Gasteiger partial charge in [-0.2, -0.15) is 0 Å². The number of phenolic OH excluding ortho intramolecular Hbond substituents is 1. The summed E-state index contributed by atoms with van der Waals surface area (Å²) < 4.78 is 27.3. The second-order valence-corrected chi connectivity index (χ2v) is 11.1. The summed E-state index contributed by atoms with van der Waals surface area (Å²) in [6.07, 6.45) is 10.4. The minimum Gasteiger partial charge on any atom is -0.506 e. The number of amides is 1. The summed E-state index contributed by atoms with van der Waals surface area (Å²) in [4.78, 5) is 29.5. The van der Waals surface area contributed by atoms with Crippen LogP contribution < -0.4 is 10.2 Å². The number of nitrogens with one attached hydrogen (secondary N) is 2. The smallest absolute Gasteiger partial charge is 0.305 e. The van der Waals surface area contributed by atoms with Crippen LogP contribution in [0.1, 0.15) is 68.9 Å². The summed E-state index contributed by atoms with van der Waals surface area (Å²) >= 11 is 1.13. The molecular formula is C29H37F2N3O3S. The number of thiazole rings is 1. The molecule has 0 spiro atoms. The lowest BCUT2D eigenvalue weighted by molar-refractivity contribution is -0.134. The largest absolute Gasteiger partial charge is 0.506 e. The van der Waals surface area contributed by atoms with Gasteiger partial charge in [-0.25, -0.2) is 8.78 Å². The van der Waals surface area contributed by atoms with Crippen molar-refractivity contribution in [2.24, 2.45) is 0 Å². The fourth-order valence-corrected chi connectivity index (χ4v) is 6.24. The van der Waals surface area contributed by atoms with Gasteiger partial charge in [0.25, 0.3) is 0 Å². The minimum atomic E-state index is -0.841. The first-order valence-electron chi connectivity index (χ1n) is 13.7. The first kappa shape index (κ1) is 28.2. The molecule has 3 N–H and O–H groups in total. The highest BCUT2D eigenvalue weighted by Crippen LogP contribution is 2.29. The average molecular weight is 546 g/mol. The standard InChI is InChI=1S/C29H37F2N3O3S/c30-23-12-10-20(19-24(23)31)14-16-32-17-15-26(36)34(22-8-4-1-5-9-22)18-6-2-3-7-21-11-13-25(35)27-28(21)38-29(37)33-27/h10-13,19,22,32,35H,1-9,14-18H2,(H,33,37). The number of unbranched alkanes of at least 4 members (excludes halogenated alkanes) is 2. The fraction of sp³-hybridized carbons (Fsp3) is 0.517. The molecule has 0 radical (unpaired) electrons. The number of hydrogen-bond donors (Lipinski definition) is 3.